The molecule has 0 saturated heterocycles. The first-order chi connectivity index (χ1) is 14.3. The van der Waals surface area contributed by atoms with E-state index >= 15 is 0 Å². The molecule has 0 spiro atoms. The van der Waals surface area contributed by atoms with Gasteiger partial charge in [0, 0.05) is 18.3 Å². The lowest BCUT2D eigenvalue weighted by Gasteiger charge is -2.15. The zero-order chi connectivity index (χ0) is 22.5. The van der Waals surface area contributed by atoms with Gasteiger partial charge < -0.3 is 14.2 Å². The Morgan fingerprint density at radius 2 is 1.93 bits per heavy atom. The number of aromatic nitrogens is 1. The van der Waals surface area contributed by atoms with Crippen molar-refractivity contribution in [2.75, 3.05) is 12.0 Å². The van der Waals surface area contributed by atoms with Crippen LogP contribution in [0.3, 0.4) is 0 Å². The number of hydrogen-bond donors (Lipinski definition) is 1. The molecule has 9 nitrogen and oxygen atoms in total. The largest absolute Gasteiger partial charge is 0.489 e. The lowest BCUT2D eigenvalue weighted by atomic mass is 10.2. The maximum absolute atomic E-state index is 11.7. The van der Waals surface area contributed by atoms with E-state index in [1.807, 2.05) is 26.8 Å². The second-order valence-corrected chi connectivity index (χ2v) is 6.33. The summed E-state index contributed by atoms with van der Waals surface area (Å²) in [5.41, 5.74) is 4.73. The minimum Gasteiger partial charge on any atom is -0.489 e. The topological polar surface area (TPSA) is 116 Å². The van der Waals surface area contributed by atoms with E-state index in [1.54, 1.807) is 44.3 Å². The summed E-state index contributed by atoms with van der Waals surface area (Å²) in [6, 6.07) is 9.02. The van der Waals surface area contributed by atoms with E-state index in [4.69, 9.17) is 22.6 Å². The average molecular weight is 436 g/mol. The predicted octanol–water partition coefficient (Wildman–Crippen LogP) is 3.65. The Morgan fingerprint density at radius 1 is 1.23 bits per heavy atom. The van der Waals surface area contributed by atoms with Gasteiger partial charge in [0.05, 0.1) is 18.4 Å². The monoisotopic (exact) mass is 435 g/mol. The van der Waals surface area contributed by atoms with Crippen LogP contribution in [0.25, 0.3) is 0 Å². The minimum absolute atomic E-state index is 0.0477. The molecule has 1 N–H and O–H groups in total. The van der Waals surface area contributed by atoms with E-state index in [2.05, 4.69) is 15.5 Å². The third kappa shape index (κ3) is 8.82. The van der Waals surface area contributed by atoms with Crippen molar-refractivity contribution in [3.05, 3.63) is 42.1 Å². The van der Waals surface area contributed by atoms with Gasteiger partial charge in [0.2, 0.25) is 5.88 Å². The molecule has 30 heavy (non-hydrogen) atoms. The number of benzene rings is 1. The van der Waals surface area contributed by atoms with Crippen LogP contribution in [0.2, 0.25) is 0 Å². The van der Waals surface area contributed by atoms with Gasteiger partial charge in [0.15, 0.2) is 0 Å². The van der Waals surface area contributed by atoms with Gasteiger partial charge in [-0.2, -0.15) is 13.5 Å². The van der Waals surface area contributed by atoms with Crippen molar-refractivity contribution in [3.63, 3.8) is 0 Å². The molecule has 0 aliphatic heterocycles. The first kappa shape index (κ1) is 24.8. The van der Waals surface area contributed by atoms with Crippen LogP contribution < -0.4 is 14.9 Å². The lowest BCUT2D eigenvalue weighted by molar-refractivity contribution is -0.135. The average Bonchev–Trinajstić information content (AvgIpc) is 2.69. The van der Waals surface area contributed by atoms with Crippen LogP contribution in [-0.2, 0) is 21.1 Å². The first-order valence-electron chi connectivity index (χ1n) is 9.11. The quantitative estimate of drug-likeness (QED) is 0.379. The van der Waals surface area contributed by atoms with E-state index in [0.29, 0.717) is 29.7 Å². The number of ether oxygens (including phenoxy) is 3. The minimum atomic E-state index is -0.750. The molecule has 1 aromatic carbocycles. The van der Waals surface area contributed by atoms with E-state index in [9.17, 15) is 4.79 Å². The molecule has 1 aromatic heterocycles. The molecule has 10 heteroatoms. The van der Waals surface area contributed by atoms with Crippen LogP contribution in [0.15, 0.2) is 41.6 Å². The smallest absolute Gasteiger partial charge is 0.354 e. The molecular weight excluding hydrogens is 410 g/mol. The van der Waals surface area contributed by atoms with Crippen molar-refractivity contribution in [1.82, 2.24) is 4.98 Å². The summed E-state index contributed by atoms with van der Waals surface area (Å²) in [6.07, 6.45) is 1.69. The fourth-order valence-electron chi connectivity index (χ4n) is 2.07. The van der Waals surface area contributed by atoms with Crippen molar-refractivity contribution in [2.45, 2.75) is 40.7 Å². The van der Waals surface area contributed by atoms with Gasteiger partial charge in [-0.05, 0) is 52.3 Å². The predicted molar refractivity (Wildman–Crippen MR) is 114 cm³/mol. The summed E-state index contributed by atoms with van der Waals surface area (Å²) in [4.78, 5) is 15.9. The fourth-order valence-corrected chi connectivity index (χ4v) is 2.07. The van der Waals surface area contributed by atoms with E-state index in [-0.39, 0.29) is 11.8 Å². The van der Waals surface area contributed by atoms with Crippen LogP contribution in [-0.4, -0.2) is 37.8 Å². The molecule has 0 saturated carbocycles. The zero-order valence-corrected chi connectivity index (χ0v) is 18.3. The van der Waals surface area contributed by atoms with Gasteiger partial charge in [-0.25, -0.2) is 9.78 Å². The zero-order valence-electron chi connectivity index (χ0n) is 17.5. The standard InChI is InChI=1S/C20H25N3O4.O2S/c1-6-25-20(24)15(5)22-23-17-9-8-16(11-18(17)26-13(2)3)27-19-10-7-14(4)12-21-19;1-3-2/h7-13,23H,6H2,1-5H3;/b22-15+;. The number of carbonyl (C=O) groups excluding carboxylic acids is 1. The van der Waals surface area contributed by atoms with Gasteiger partial charge >= 0.3 is 17.5 Å². The summed E-state index contributed by atoms with van der Waals surface area (Å²) in [5, 5.41) is 4.06. The van der Waals surface area contributed by atoms with Crippen molar-refractivity contribution >= 4 is 28.9 Å². The van der Waals surface area contributed by atoms with Crippen LogP contribution in [0.5, 0.6) is 17.4 Å². The Labute approximate surface area is 179 Å². The normalized spacial score (nSPS) is 10.5. The SMILES string of the molecule is CCOC(=O)/C(C)=N/Nc1ccc(Oc2ccc(C)cn2)cc1OC(C)C.O=S=O. The molecule has 0 atom stereocenters. The maximum atomic E-state index is 11.7. The Kier molecular flexibility index (Phi) is 10.8. The number of carbonyl (C=O) groups is 1. The summed E-state index contributed by atoms with van der Waals surface area (Å²) < 4.78 is 33.1. The number of anilines is 1. The van der Waals surface area contributed by atoms with E-state index < -0.39 is 17.5 Å². The molecule has 2 aromatic rings. The highest BCUT2D eigenvalue weighted by atomic mass is 32.1. The Balaban J connectivity index is 0.00000141. The molecule has 1 heterocycles. The van der Waals surface area contributed by atoms with Gasteiger partial charge in [0.1, 0.15) is 17.2 Å². The van der Waals surface area contributed by atoms with Crippen molar-refractivity contribution < 1.29 is 27.4 Å². The summed E-state index contributed by atoms with van der Waals surface area (Å²) >= 11 is -0.750. The number of pyridine rings is 1. The Morgan fingerprint density at radius 3 is 2.50 bits per heavy atom. The van der Waals surface area contributed by atoms with Crippen molar-refractivity contribution in [1.29, 1.82) is 0 Å². The number of esters is 1. The second-order valence-electron chi connectivity index (χ2n) is 6.20. The third-order valence-electron chi connectivity index (χ3n) is 3.34. The number of aryl methyl sites for hydroxylation is 1. The van der Waals surface area contributed by atoms with E-state index in [1.165, 1.54) is 0 Å². The summed E-state index contributed by atoms with van der Waals surface area (Å²) in [6.45, 7) is 9.43. The van der Waals surface area contributed by atoms with E-state index in [0.717, 1.165) is 5.56 Å². The van der Waals surface area contributed by atoms with Gasteiger partial charge in [0.25, 0.3) is 0 Å². The molecule has 2 rings (SSSR count). The number of hydrazone groups is 1. The van der Waals surface area contributed by atoms with Crippen molar-refractivity contribution in [2.24, 2.45) is 5.10 Å². The van der Waals surface area contributed by atoms with Gasteiger partial charge in [-0.15, -0.1) is 0 Å². The fraction of sp³-hybridized carbons (Fsp3) is 0.350. The highest BCUT2D eigenvalue weighted by molar-refractivity contribution is 7.51. The number of hydrogen-bond acceptors (Lipinski definition) is 9. The number of nitrogens with one attached hydrogen (secondary N) is 1. The molecule has 0 unspecified atom stereocenters. The lowest BCUT2D eigenvalue weighted by Crippen LogP contribution is -2.15. The molecule has 0 amide bonds. The summed E-state index contributed by atoms with van der Waals surface area (Å²) in [5.74, 6) is 1.16. The van der Waals surface area contributed by atoms with Crippen LogP contribution in [0.1, 0.15) is 33.3 Å². The highest BCUT2D eigenvalue weighted by Gasteiger charge is 2.11. The van der Waals surface area contributed by atoms with Crippen molar-refractivity contribution in [3.8, 4) is 17.4 Å². The Bertz CT molecular complexity index is 894. The molecule has 162 valence electrons. The number of rotatable bonds is 8. The van der Waals surface area contributed by atoms with Gasteiger partial charge in [-0.1, -0.05) is 6.07 Å². The van der Waals surface area contributed by atoms with Crippen LogP contribution in [0.4, 0.5) is 5.69 Å². The summed E-state index contributed by atoms with van der Waals surface area (Å²) in [7, 11) is 0. The molecule has 0 aliphatic rings. The first-order valence-corrected chi connectivity index (χ1v) is 9.77. The van der Waals surface area contributed by atoms with Crippen LogP contribution >= 0.6 is 0 Å². The molecule has 0 bridgehead atoms. The highest BCUT2D eigenvalue weighted by Crippen LogP contribution is 2.32. The second kappa shape index (κ2) is 13.0. The van der Waals surface area contributed by atoms with Gasteiger partial charge in [-0.3, -0.25) is 5.43 Å². The molecule has 0 aliphatic carbocycles. The molecular formula is C20H25N3O6S. The third-order valence-corrected chi connectivity index (χ3v) is 3.34. The van der Waals surface area contributed by atoms with Crippen LogP contribution in [0, 0.1) is 6.92 Å². The molecule has 0 radical (unpaired) electrons. The Hall–Kier alpha value is -3.27. The maximum Gasteiger partial charge on any atom is 0.354 e. The molecule has 0 fully saturated rings. The number of nitrogens with zero attached hydrogens (tertiary/aromatic N) is 2.